The molecule has 0 N–H and O–H groups in total. The standard InChI is InChI=1S/C12H12ClNO3/c1-7-2-5-11-14(17-7)12(15)9-6-8(13)3-4-10(9)16-11/h3-4,6-7,11H,2,5H2,1H3. The summed E-state index contributed by atoms with van der Waals surface area (Å²) in [5, 5.41) is 1.84. The smallest absolute Gasteiger partial charge is 0.284 e. The van der Waals surface area contributed by atoms with Crippen molar-refractivity contribution in [3.05, 3.63) is 28.8 Å². The minimum Gasteiger partial charge on any atom is -0.467 e. The van der Waals surface area contributed by atoms with Crippen molar-refractivity contribution >= 4 is 17.5 Å². The average molecular weight is 254 g/mol. The maximum atomic E-state index is 12.2. The molecule has 1 saturated heterocycles. The van der Waals surface area contributed by atoms with Gasteiger partial charge in [0.15, 0.2) is 6.23 Å². The molecule has 3 rings (SSSR count). The van der Waals surface area contributed by atoms with Gasteiger partial charge in [-0.3, -0.25) is 9.63 Å². The molecule has 5 heteroatoms. The average Bonchev–Trinajstić information content (AvgIpc) is 2.32. The molecule has 2 atom stereocenters. The molecule has 0 saturated carbocycles. The van der Waals surface area contributed by atoms with E-state index in [4.69, 9.17) is 21.2 Å². The predicted molar refractivity (Wildman–Crippen MR) is 61.8 cm³/mol. The highest BCUT2D eigenvalue weighted by molar-refractivity contribution is 6.31. The van der Waals surface area contributed by atoms with Gasteiger partial charge in [-0.2, -0.15) is 5.06 Å². The number of carbonyl (C=O) groups is 1. The van der Waals surface area contributed by atoms with Gasteiger partial charge in [0.05, 0.1) is 11.7 Å². The van der Waals surface area contributed by atoms with E-state index in [1.807, 2.05) is 6.92 Å². The molecule has 0 bridgehead atoms. The van der Waals surface area contributed by atoms with Gasteiger partial charge in [-0.25, -0.2) is 0 Å². The molecule has 1 aromatic carbocycles. The van der Waals surface area contributed by atoms with E-state index in [0.717, 1.165) is 12.8 Å². The second-order valence-electron chi connectivity index (χ2n) is 4.34. The number of nitrogens with zero attached hydrogens (tertiary/aromatic N) is 1. The van der Waals surface area contributed by atoms with Gasteiger partial charge in [0.1, 0.15) is 5.75 Å². The quantitative estimate of drug-likeness (QED) is 0.713. The lowest BCUT2D eigenvalue weighted by atomic mass is 10.1. The summed E-state index contributed by atoms with van der Waals surface area (Å²) < 4.78 is 5.73. The fourth-order valence-electron chi connectivity index (χ4n) is 2.13. The van der Waals surface area contributed by atoms with Gasteiger partial charge in [0.25, 0.3) is 5.91 Å². The van der Waals surface area contributed by atoms with E-state index >= 15 is 0 Å². The third kappa shape index (κ3) is 1.77. The van der Waals surface area contributed by atoms with E-state index in [9.17, 15) is 4.79 Å². The number of hydrogen-bond donors (Lipinski definition) is 0. The maximum absolute atomic E-state index is 12.2. The summed E-state index contributed by atoms with van der Waals surface area (Å²) in [6.45, 7) is 1.94. The summed E-state index contributed by atoms with van der Waals surface area (Å²) in [5.74, 6) is 0.407. The Kier molecular flexibility index (Phi) is 2.49. The minimum atomic E-state index is -0.313. The SMILES string of the molecule is CC1CCC2Oc3ccc(Cl)cc3C(=O)N2O1. The number of amides is 1. The van der Waals surface area contributed by atoms with E-state index in [2.05, 4.69) is 0 Å². The number of hydroxylamine groups is 2. The van der Waals surface area contributed by atoms with Crippen LogP contribution in [0.4, 0.5) is 0 Å². The number of carbonyl (C=O) groups excluding carboxylic acids is 1. The molecule has 1 amide bonds. The van der Waals surface area contributed by atoms with Crippen molar-refractivity contribution in [2.75, 3.05) is 0 Å². The number of benzene rings is 1. The molecule has 2 aliphatic rings. The van der Waals surface area contributed by atoms with Crippen LogP contribution in [-0.4, -0.2) is 23.3 Å². The summed E-state index contributed by atoms with van der Waals surface area (Å²) in [4.78, 5) is 17.7. The highest BCUT2D eigenvalue weighted by Crippen LogP contribution is 2.34. The van der Waals surface area contributed by atoms with Crippen LogP contribution in [0.15, 0.2) is 18.2 Å². The Morgan fingerprint density at radius 1 is 1.41 bits per heavy atom. The summed E-state index contributed by atoms with van der Waals surface area (Å²) in [5.41, 5.74) is 0.461. The molecule has 0 aliphatic carbocycles. The summed E-state index contributed by atoms with van der Waals surface area (Å²) >= 11 is 5.88. The molecular formula is C12H12ClNO3. The normalized spacial score (nSPS) is 27.2. The molecule has 1 fully saturated rings. The van der Waals surface area contributed by atoms with Gasteiger partial charge in [-0.05, 0) is 31.5 Å². The Balaban J connectivity index is 2.00. The van der Waals surface area contributed by atoms with Gasteiger partial charge in [-0.15, -0.1) is 0 Å². The van der Waals surface area contributed by atoms with Crippen LogP contribution in [0.25, 0.3) is 0 Å². The van der Waals surface area contributed by atoms with Crippen LogP contribution in [-0.2, 0) is 4.84 Å². The molecule has 2 aliphatic heterocycles. The fraction of sp³-hybridized carbons (Fsp3) is 0.417. The number of hydrogen-bond acceptors (Lipinski definition) is 3. The molecule has 90 valence electrons. The van der Waals surface area contributed by atoms with E-state index in [0.29, 0.717) is 16.3 Å². The first kappa shape index (κ1) is 10.9. The number of rotatable bonds is 0. The monoisotopic (exact) mass is 253 g/mol. The molecule has 2 unspecified atom stereocenters. The third-order valence-corrected chi connectivity index (χ3v) is 3.25. The van der Waals surface area contributed by atoms with Crippen molar-refractivity contribution in [3.63, 3.8) is 0 Å². The Bertz CT molecular complexity index is 477. The number of halogens is 1. The fourth-order valence-corrected chi connectivity index (χ4v) is 2.30. The van der Waals surface area contributed by atoms with Gasteiger partial charge >= 0.3 is 0 Å². The lowest BCUT2D eigenvalue weighted by molar-refractivity contribution is -0.252. The molecular weight excluding hydrogens is 242 g/mol. The lowest BCUT2D eigenvalue weighted by Gasteiger charge is -2.40. The van der Waals surface area contributed by atoms with Crippen molar-refractivity contribution in [2.24, 2.45) is 0 Å². The number of fused-ring (bicyclic) bond motifs is 2. The Morgan fingerprint density at radius 3 is 3.06 bits per heavy atom. The molecule has 4 nitrogen and oxygen atoms in total. The molecule has 0 spiro atoms. The topological polar surface area (TPSA) is 38.8 Å². The van der Waals surface area contributed by atoms with Gasteiger partial charge in [-0.1, -0.05) is 11.6 Å². The van der Waals surface area contributed by atoms with E-state index < -0.39 is 0 Å². The Labute approximate surface area is 104 Å². The zero-order valence-electron chi connectivity index (χ0n) is 9.35. The molecule has 2 heterocycles. The van der Waals surface area contributed by atoms with Crippen LogP contribution in [0.3, 0.4) is 0 Å². The third-order valence-electron chi connectivity index (χ3n) is 3.01. The van der Waals surface area contributed by atoms with Crippen LogP contribution in [0.2, 0.25) is 5.02 Å². The predicted octanol–water partition coefficient (Wildman–Crippen LogP) is 2.61. The van der Waals surface area contributed by atoms with Crippen LogP contribution in [0, 0.1) is 0 Å². The summed E-state index contributed by atoms with van der Waals surface area (Å²) in [6.07, 6.45) is 1.40. The van der Waals surface area contributed by atoms with Crippen LogP contribution < -0.4 is 4.74 Å². The van der Waals surface area contributed by atoms with Crippen molar-refractivity contribution < 1.29 is 14.4 Å². The first-order valence-corrected chi connectivity index (χ1v) is 5.99. The van der Waals surface area contributed by atoms with Gasteiger partial charge < -0.3 is 4.74 Å². The zero-order chi connectivity index (χ0) is 12.0. The highest BCUT2D eigenvalue weighted by atomic mass is 35.5. The second-order valence-corrected chi connectivity index (χ2v) is 4.77. The van der Waals surface area contributed by atoms with Crippen LogP contribution >= 0.6 is 11.6 Å². The molecule has 0 radical (unpaired) electrons. The van der Waals surface area contributed by atoms with Crippen LogP contribution in [0.1, 0.15) is 30.1 Å². The highest BCUT2D eigenvalue weighted by Gasteiger charge is 2.38. The molecule has 0 aromatic heterocycles. The number of ether oxygens (including phenoxy) is 1. The molecule has 17 heavy (non-hydrogen) atoms. The maximum Gasteiger partial charge on any atom is 0.284 e. The van der Waals surface area contributed by atoms with Crippen molar-refractivity contribution in [1.82, 2.24) is 5.06 Å². The second kappa shape index (κ2) is 3.89. The van der Waals surface area contributed by atoms with E-state index in [1.165, 1.54) is 5.06 Å². The summed E-state index contributed by atoms with van der Waals surface area (Å²) in [7, 11) is 0. The largest absolute Gasteiger partial charge is 0.467 e. The van der Waals surface area contributed by atoms with Crippen molar-refractivity contribution in [1.29, 1.82) is 0 Å². The molecule has 1 aromatic rings. The first-order chi connectivity index (χ1) is 8.15. The minimum absolute atomic E-state index is 0.0412. The van der Waals surface area contributed by atoms with Crippen LogP contribution in [0.5, 0.6) is 5.75 Å². The van der Waals surface area contributed by atoms with Crippen molar-refractivity contribution in [3.8, 4) is 5.75 Å². The summed E-state index contributed by atoms with van der Waals surface area (Å²) in [6, 6.07) is 5.05. The van der Waals surface area contributed by atoms with Gasteiger partial charge in [0.2, 0.25) is 0 Å². The zero-order valence-corrected chi connectivity index (χ0v) is 10.1. The van der Waals surface area contributed by atoms with Crippen molar-refractivity contribution in [2.45, 2.75) is 32.1 Å². The van der Waals surface area contributed by atoms with Gasteiger partial charge in [0, 0.05) is 11.4 Å². The Morgan fingerprint density at radius 2 is 2.24 bits per heavy atom. The lowest BCUT2D eigenvalue weighted by Crippen LogP contribution is -2.51. The first-order valence-electron chi connectivity index (χ1n) is 5.61. The Hall–Kier alpha value is -1.26. The van der Waals surface area contributed by atoms with E-state index in [1.54, 1.807) is 18.2 Å². The van der Waals surface area contributed by atoms with E-state index in [-0.39, 0.29) is 18.2 Å².